The number of halogens is 3. The minimum absolute atomic E-state index is 0.00554. The van der Waals surface area contributed by atoms with Crippen LogP contribution in [0.4, 0.5) is 19.0 Å². The third-order valence-corrected chi connectivity index (χ3v) is 4.15. The minimum Gasteiger partial charge on any atom is -0.415 e. The molecule has 0 spiro atoms. The smallest absolute Gasteiger partial charge is 0.314 e. The van der Waals surface area contributed by atoms with Gasteiger partial charge in [-0.25, -0.2) is 9.37 Å². The molecule has 1 aliphatic carbocycles. The zero-order valence-corrected chi connectivity index (χ0v) is 12.9. The third-order valence-electron chi connectivity index (χ3n) is 4.15. The normalized spacial score (nSPS) is 15.4. The summed E-state index contributed by atoms with van der Waals surface area (Å²) >= 11 is 0. The number of rotatable bonds is 5. The average molecular weight is 346 g/mol. The van der Waals surface area contributed by atoms with Gasteiger partial charge in [0.25, 0.3) is 5.89 Å². The molecule has 1 N–H and O–H groups in total. The van der Waals surface area contributed by atoms with E-state index in [0.717, 1.165) is 18.4 Å². The summed E-state index contributed by atoms with van der Waals surface area (Å²) in [5, 5.41) is 10.2. The lowest BCUT2D eigenvalue weighted by Crippen LogP contribution is -2.19. The SMILES string of the molecule is Fc1ccc(C2(Nc3ccc(-c4nnc(C(F)F)o4)cn3)CC2)cc1. The maximum Gasteiger partial charge on any atom is 0.314 e. The molecule has 1 aliphatic rings. The maximum absolute atomic E-state index is 13.1. The Morgan fingerprint density at radius 3 is 2.36 bits per heavy atom. The second-order valence-corrected chi connectivity index (χ2v) is 5.89. The van der Waals surface area contributed by atoms with Crippen molar-refractivity contribution in [3.63, 3.8) is 0 Å². The Labute approximate surface area is 140 Å². The summed E-state index contributed by atoms with van der Waals surface area (Å²) in [5.74, 6) is -0.372. The quantitative estimate of drug-likeness (QED) is 0.746. The number of benzene rings is 1. The Morgan fingerprint density at radius 1 is 1.04 bits per heavy atom. The van der Waals surface area contributed by atoms with Gasteiger partial charge in [-0.2, -0.15) is 8.78 Å². The number of nitrogens with zero attached hydrogens (tertiary/aromatic N) is 3. The van der Waals surface area contributed by atoms with E-state index in [1.54, 1.807) is 24.3 Å². The van der Waals surface area contributed by atoms with Crippen LogP contribution in [0.2, 0.25) is 0 Å². The van der Waals surface area contributed by atoms with E-state index in [1.807, 2.05) is 0 Å². The minimum atomic E-state index is -2.81. The first-order valence-corrected chi connectivity index (χ1v) is 7.68. The van der Waals surface area contributed by atoms with Crippen molar-refractivity contribution in [3.8, 4) is 11.5 Å². The molecule has 3 aromatic rings. The van der Waals surface area contributed by atoms with E-state index >= 15 is 0 Å². The van der Waals surface area contributed by atoms with Crippen molar-refractivity contribution in [1.82, 2.24) is 15.2 Å². The van der Waals surface area contributed by atoms with Gasteiger partial charge < -0.3 is 9.73 Å². The Morgan fingerprint density at radius 2 is 1.80 bits per heavy atom. The number of anilines is 1. The summed E-state index contributed by atoms with van der Waals surface area (Å²) in [5.41, 5.74) is 1.21. The Kier molecular flexibility index (Phi) is 3.67. The van der Waals surface area contributed by atoms with Crippen LogP contribution in [0.3, 0.4) is 0 Å². The van der Waals surface area contributed by atoms with Crippen LogP contribution >= 0.6 is 0 Å². The zero-order valence-electron chi connectivity index (χ0n) is 12.9. The van der Waals surface area contributed by atoms with Gasteiger partial charge in [-0.05, 0) is 42.7 Å². The molecule has 0 unspecified atom stereocenters. The standard InChI is InChI=1S/C17H13F3N4O/c18-12-4-2-11(3-5-12)17(7-8-17)22-13-6-1-10(9-21-13)15-23-24-16(25-15)14(19)20/h1-6,9,14H,7-8H2,(H,21,22). The highest BCUT2D eigenvalue weighted by atomic mass is 19.3. The van der Waals surface area contributed by atoms with Gasteiger partial charge >= 0.3 is 6.43 Å². The second kappa shape index (κ2) is 5.87. The summed E-state index contributed by atoms with van der Waals surface area (Å²) in [6.07, 6.45) is 0.513. The number of alkyl halides is 2. The van der Waals surface area contributed by atoms with E-state index in [1.165, 1.54) is 18.3 Å². The van der Waals surface area contributed by atoms with Gasteiger partial charge in [0.2, 0.25) is 5.89 Å². The fourth-order valence-electron chi connectivity index (χ4n) is 2.66. The van der Waals surface area contributed by atoms with Gasteiger partial charge in [-0.1, -0.05) is 12.1 Å². The van der Waals surface area contributed by atoms with E-state index in [-0.39, 0.29) is 17.2 Å². The van der Waals surface area contributed by atoms with E-state index in [9.17, 15) is 13.2 Å². The predicted octanol–water partition coefficient (Wildman–Crippen LogP) is 4.31. The van der Waals surface area contributed by atoms with Crippen molar-refractivity contribution in [2.75, 3.05) is 5.32 Å². The first kappa shape index (κ1) is 15.6. The van der Waals surface area contributed by atoms with Crippen molar-refractivity contribution >= 4 is 5.82 Å². The first-order chi connectivity index (χ1) is 12.1. The van der Waals surface area contributed by atoms with Crippen LogP contribution in [0.15, 0.2) is 47.0 Å². The molecule has 0 amide bonds. The topological polar surface area (TPSA) is 63.8 Å². The number of aromatic nitrogens is 3. The summed E-state index contributed by atoms with van der Waals surface area (Å²) < 4.78 is 43.0. The van der Waals surface area contributed by atoms with Crippen LogP contribution in [0.25, 0.3) is 11.5 Å². The molecule has 2 aromatic heterocycles. The lowest BCUT2D eigenvalue weighted by atomic mass is 10.0. The number of hydrogen-bond donors (Lipinski definition) is 1. The van der Waals surface area contributed by atoms with Gasteiger partial charge in [-0.3, -0.25) is 0 Å². The molecule has 8 heteroatoms. The lowest BCUT2D eigenvalue weighted by Gasteiger charge is -2.18. The Balaban J connectivity index is 1.51. The highest BCUT2D eigenvalue weighted by molar-refractivity contribution is 5.55. The average Bonchev–Trinajstić information content (AvgIpc) is 3.21. The summed E-state index contributed by atoms with van der Waals surface area (Å²) in [4.78, 5) is 4.28. The van der Waals surface area contributed by atoms with Crippen LogP contribution < -0.4 is 5.32 Å². The molecule has 0 bridgehead atoms. The van der Waals surface area contributed by atoms with Crippen molar-refractivity contribution in [2.45, 2.75) is 24.8 Å². The summed E-state index contributed by atoms with van der Waals surface area (Å²) in [6.45, 7) is 0. The van der Waals surface area contributed by atoms with E-state index in [2.05, 4.69) is 20.5 Å². The van der Waals surface area contributed by atoms with Gasteiger partial charge in [0.1, 0.15) is 11.6 Å². The molecular weight excluding hydrogens is 333 g/mol. The van der Waals surface area contributed by atoms with Crippen molar-refractivity contribution in [1.29, 1.82) is 0 Å². The molecule has 128 valence electrons. The lowest BCUT2D eigenvalue weighted by molar-refractivity contribution is 0.116. The van der Waals surface area contributed by atoms with Crippen LogP contribution in [0, 0.1) is 5.82 Å². The highest BCUT2D eigenvalue weighted by Crippen LogP contribution is 2.48. The van der Waals surface area contributed by atoms with Crippen molar-refractivity contribution in [2.24, 2.45) is 0 Å². The van der Waals surface area contributed by atoms with Crippen LogP contribution in [0.1, 0.15) is 30.7 Å². The van der Waals surface area contributed by atoms with Gasteiger partial charge in [-0.15, -0.1) is 10.2 Å². The summed E-state index contributed by atoms with van der Waals surface area (Å²) in [6, 6.07) is 9.76. The number of nitrogens with one attached hydrogen (secondary N) is 1. The van der Waals surface area contributed by atoms with Crippen LogP contribution in [-0.4, -0.2) is 15.2 Å². The predicted molar refractivity (Wildman–Crippen MR) is 83.4 cm³/mol. The van der Waals surface area contributed by atoms with Gasteiger partial charge in [0.15, 0.2) is 0 Å². The highest BCUT2D eigenvalue weighted by Gasteiger charge is 2.44. The number of pyridine rings is 1. The Hall–Kier alpha value is -2.90. The van der Waals surface area contributed by atoms with Crippen LogP contribution in [0.5, 0.6) is 0 Å². The van der Waals surface area contributed by atoms with E-state index in [0.29, 0.717) is 11.4 Å². The van der Waals surface area contributed by atoms with Gasteiger partial charge in [0, 0.05) is 6.20 Å². The molecule has 1 saturated carbocycles. The molecule has 0 atom stereocenters. The summed E-state index contributed by atoms with van der Waals surface area (Å²) in [7, 11) is 0. The van der Waals surface area contributed by atoms with Crippen molar-refractivity contribution in [3.05, 3.63) is 59.9 Å². The molecule has 1 aromatic carbocycles. The molecule has 0 aliphatic heterocycles. The third kappa shape index (κ3) is 3.07. The fraction of sp³-hybridized carbons (Fsp3) is 0.235. The first-order valence-electron chi connectivity index (χ1n) is 7.68. The molecule has 4 rings (SSSR count). The van der Waals surface area contributed by atoms with Crippen molar-refractivity contribution < 1.29 is 17.6 Å². The van der Waals surface area contributed by atoms with Crippen LogP contribution in [-0.2, 0) is 5.54 Å². The zero-order chi connectivity index (χ0) is 17.4. The maximum atomic E-state index is 13.1. The van der Waals surface area contributed by atoms with E-state index < -0.39 is 12.3 Å². The molecule has 25 heavy (non-hydrogen) atoms. The molecule has 0 radical (unpaired) electrons. The molecule has 2 heterocycles. The largest absolute Gasteiger partial charge is 0.415 e. The fourth-order valence-corrected chi connectivity index (χ4v) is 2.66. The molecule has 1 fully saturated rings. The second-order valence-electron chi connectivity index (χ2n) is 5.89. The van der Waals surface area contributed by atoms with E-state index in [4.69, 9.17) is 4.42 Å². The monoisotopic (exact) mass is 346 g/mol. The van der Waals surface area contributed by atoms with Gasteiger partial charge in [0.05, 0.1) is 11.1 Å². The number of hydrogen-bond acceptors (Lipinski definition) is 5. The molecule has 5 nitrogen and oxygen atoms in total. The molecule has 0 saturated heterocycles. The Bertz CT molecular complexity index is 874. The molecular formula is C17H13F3N4O.